The average Bonchev–Trinajstić information content (AvgIpc) is 2.76. The van der Waals surface area contributed by atoms with Crippen molar-refractivity contribution in [3.05, 3.63) is 60.2 Å². The molecule has 6 nitrogen and oxygen atoms in total. The summed E-state index contributed by atoms with van der Waals surface area (Å²) in [7, 11) is 0. The molecule has 1 aliphatic rings. The van der Waals surface area contributed by atoms with Gasteiger partial charge in [-0.05, 0) is 50.6 Å². The molecule has 2 aromatic carbocycles. The molecule has 1 aliphatic heterocycles. The Morgan fingerprint density at radius 3 is 2.40 bits per heavy atom. The maximum Gasteiger partial charge on any atom is 0.234 e. The van der Waals surface area contributed by atoms with Crippen molar-refractivity contribution in [1.29, 1.82) is 0 Å². The molecule has 162 valence electrons. The highest BCUT2D eigenvalue weighted by molar-refractivity contribution is 5.78. The van der Waals surface area contributed by atoms with Gasteiger partial charge in [0.1, 0.15) is 18.1 Å². The predicted octanol–water partition coefficient (Wildman–Crippen LogP) is 3.43. The van der Waals surface area contributed by atoms with E-state index in [-0.39, 0.29) is 24.1 Å². The number of nitrogens with one attached hydrogen (secondary N) is 1. The van der Waals surface area contributed by atoms with Crippen LogP contribution >= 0.6 is 0 Å². The molecule has 1 amide bonds. The number of hydrogen-bond donors (Lipinski definition) is 1. The molecule has 1 N–H and O–H groups in total. The van der Waals surface area contributed by atoms with E-state index in [1.807, 2.05) is 49.4 Å². The third-order valence-corrected chi connectivity index (χ3v) is 5.33. The van der Waals surface area contributed by atoms with Gasteiger partial charge in [0.25, 0.3) is 0 Å². The van der Waals surface area contributed by atoms with Gasteiger partial charge in [0, 0.05) is 12.1 Å². The van der Waals surface area contributed by atoms with Gasteiger partial charge >= 0.3 is 0 Å². The first-order valence-electron chi connectivity index (χ1n) is 10.6. The van der Waals surface area contributed by atoms with E-state index >= 15 is 0 Å². The van der Waals surface area contributed by atoms with Crippen molar-refractivity contribution in [3.8, 4) is 11.5 Å². The first-order valence-corrected chi connectivity index (χ1v) is 10.6. The number of morpholine rings is 1. The molecule has 3 rings (SSSR count). The lowest BCUT2D eigenvalue weighted by molar-refractivity contribution is -0.132. The first kappa shape index (κ1) is 22.1. The Hall–Kier alpha value is -2.57. The fourth-order valence-corrected chi connectivity index (χ4v) is 3.75. The van der Waals surface area contributed by atoms with E-state index in [2.05, 4.69) is 36.2 Å². The normalized spacial score (nSPS) is 21.8. The molecule has 3 unspecified atom stereocenters. The van der Waals surface area contributed by atoms with E-state index in [0.717, 1.165) is 17.1 Å². The van der Waals surface area contributed by atoms with Crippen LogP contribution in [0.25, 0.3) is 0 Å². The second kappa shape index (κ2) is 11.0. The topological polar surface area (TPSA) is 60.0 Å². The van der Waals surface area contributed by atoms with Gasteiger partial charge in [0.2, 0.25) is 5.91 Å². The van der Waals surface area contributed by atoms with Gasteiger partial charge in [0.05, 0.1) is 32.4 Å². The minimum Gasteiger partial charge on any atom is -0.494 e. The monoisotopic (exact) mass is 412 g/mol. The zero-order valence-electron chi connectivity index (χ0n) is 18.0. The number of hydrogen-bond acceptors (Lipinski definition) is 5. The summed E-state index contributed by atoms with van der Waals surface area (Å²) < 4.78 is 17.2. The molecule has 0 radical (unpaired) electrons. The molecule has 0 aliphatic carbocycles. The lowest BCUT2D eigenvalue weighted by Gasteiger charge is -2.43. The maximum atomic E-state index is 12.5. The smallest absolute Gasteiger partial charge is 0.234 e. The van der Waals surface area contributed by atoms with Gasteiger partial charge in [-0.15, -0.1) is 0 Å². The Labute approximate surface area is 179 Å². The standard InChI is InChI=1S/C24H32N2O4/c1-4-28-21-10-12-22(13-11-21)29-15-14-25-23(27)16-26-18(2)17-30-24(19(26)3)20-8-6-5-7-9-20/h5-13,18-19,24H,4,14-17H2,1-3H3,(H,25,27). The summed E-state index contributed by atoms with van der Waals surface area (Å²) in [6, 6.07) is 18.0. The number of carbonyl (C=O) groups excluding carboxylic acids is 1. The van der Waals surface area contributed by atoms with Gasteiger partial charge in [-0.1, -0.05) is 30.3 Å². The molecule has 1 fully saturated rings. The number of benzene rings is 2. The maximum absolute atomic E-state index is 12.5. The van der Waals surface area contributed by atoms with Crippen LogP contribution in [0.4, 0.5) is 0 Å². The van der Waals surface area contributed by atoms with E-state index in [4.69, 9.17) is 14.2 Å². The van der Waals surface area contributed by atoms with Crippen molar-refractivity contribution < 1.29 is 19.0 Å². The molecule has 0 spiro atoms. The highest BCUT2D eigenvalue weighted by atomic mass is 16.5. The van der Waals surface area contributed by atoms with E-state index in [9.17, 15) is 4.79 Å². The van der Waals surface area contributed by atoms with Crippen molar-refractivity contribution in [2.45, 2.75) is 39.0 Å². The molecule has 0 saturated carbocycles. The van der Waals surface area contributed by atoms with Crippen LogP contribution in [0.15, 0.2) is 54.6 Å². The van der Waals surface area contributed by atoms with Gasteiger partial charge in [-0.25, -0.2) is 0 Å². The summed E-state index contributed by atoms with van der Waals surface area (Å²) in [6.45, 7) is 8.64. The van der Waals surface area contributed by atoms with Gasteiger partial charge < -0.3 is 19.5 Å². The van der Waals surface area contributed by atoms with Crippen LogP contribution in [0.2, 0.25) is 0 Å². The van der Waals surface area contributed by atoms with Crippen LogP contribution in [-0.2, 0) is 9.53 Å². The molecule has 2 aromatic rings. The van der Waals surface area contributed by atoms with Crippen LogP contribution in [0.3, 0.4) is 0 Å². The minimum atomic E-state index is -0.0295. The minimum absolute atomic E-state index is 0.00212. The highest BCUT2D eigenvalue weighted by Gasteiger charge is 2.35. The molecular formula is C24H32N2O4. The molecule has 30 heavy (non-hydrogen) atoms. The first-order chi connectivity index (χ1) is 14.6. The van der Waals surface area contributed by atoms with E-state index in [1.165, 1.54) is 0 Å². The van der Waals surface area contributed by atoms with E-state index < -0.39 is 0 Å². The Morgan fingerprint density at radius 2 is 1.73 bits per heavy atom. The molecule has 0 aromatic heterocycles. The summed E-state index contributed by atoms with van der Waals surface area (Å²) in [5.41, 5.74) is 1.14. The summed E-state index contributed by atoms with van der Waals surface area (Å²) in [4.78, 5) is 14.7. The Morgan fingerprint density at radius 1 is 1.07 bits per heavy atom. The zero-order valence-corrected chi connectivity index (χ0v) is 18.0. The van der Waals surface area contributed by atoms with Crippen molar-refractivity contribution in [2.75, 3.05) is 32.9 Å². The SMILES string of the molecule is CCOc1ccc(OCCNC(=O)CN2C(C)COC(c3ccccc3)C2C)cc1. The van der Waals surface area contributed by atoms with Crippen LogP contribution in [0.1, 0.15) is 32.4 Å². The van der Waals surface area contributed by atoms with Crippen molar-refractivity contribution >= 4 is 5.91 Å². The second-order valence-corrected chi connectivity index (χ2v) is 7.53. The lowest BCUT2D eigenvalue weighted by Crippen LogP contribution is -2.54. The van der Waals surface area contributed by atoms with Gasteiger partial charge in [-0.3, -0.25) is 9.69 Å². The second-order valence-electron chi connectivity index (χ2n) is 7.53. The molecule has 1 heterocycles. The summed E-state index contributed by atoms with van der Waals surface area (Å²) in [6.07, 6.45) is -0.0295. The van der Waals surface area contributed by atoms with Crippen LogP contribution in [0, 0.1) is 0 Å². The van der Waals surface area contributed by atoms with Gasteiger partial charge in [0.15, 0.2) is 0 Å². The highest BCUT2D eigenvalue weighted by Crippen LogP contribution is 2.30. The molecule has 1 saturated heterocycles. The number of nitrogens with zero attached hydrogens (tertiary/aromatic N) is 1. The Balaban J connectivity index is 1.44. The van der Waals surface area contributed by atoms with Crippen molar-refractivity contribution in [2.24, 2.45) is 0 Å². The fourth-order valence-electron chi connectivity index (χ4n) is 3.75. The summed E-state index contributed by atoms with van der Waals surface area (Å²) in [5, 5.41) is 2.96. The zero-order chi connectivity index (χ0) is 21.3. The largest absolute Gasteiger partial charge is 0.494 e. The fraction of sp³-hybridized carbons (Fsp3) is 0.458. The van der Waals surface area contributed by atoms with E-state index in [1.54, 1.807) is 0 Å². The third kappa shape index (κ3) is 5.97. The van der Waals surface area contributed by atoms with Crippen molar-refractivity contribution in [3.63, 3.8) is 0 Å². The quantitative estimate of drug-likeness (QED) is 0.640. The average molecular weight is 413 g/mol. The summed E-state index contributed by atoms with van der Waals surface area (Å²) >= 11 is 0. The molecular weight excluding hydrogens is 380 g/mol. The Bertz CT molecular complexity index is 782. The summed E-state index contributed by atoms with van der Waals surface area (Å²) in [5.74, 6) is 1.58. The Kier molecular flexibility index (Phi) is 8.11. The van der Waals surface area contributed by atoms with Gasteiger partial charge in [-0.2, -0.15) is 0 Å². The molecule has 0 bridgehead atoms. The third-order valence-electron chi connectivity index (χ3n) is 5.33. The predicted molar refractivity (Wildman–Crippen MR) is 117 cm³/mol. The van der Waals surface area contributed by atoms with Crippen LogP contribution < -0.4 is 14.8 Å². The van der Waals surface area contributed by atoms with Crippen molar-refractivity contribution in [1.82, 2.24) is 10.2 Å². The molecule has 6 heteroatoms. The number of ether oxygens (including phenoxy) is 3. The number of rotatable bonds is 9. The number of amides is 1. The van der Waals surface area contributed by atoms with E-state index in [0.29, 0.717) is 32.9 Å². The van der Waals surface area contributed by atoms with Crippen LogP contribution in [-0.4, -0.2) is 55.8 Å². The lowest BCUT2D eigenvalue weighted by atomic mass is 9.98. The molecule has 3 atom stereocenters. The van der Waals surface area contributed by atoms with Crippen LogP contribution in [0.5, 0.6) is 11.5 Å². The number of carbonyl (C=O) groups is 1.